The quantitative estimate of drug-likeness (QED) is 0.446. The fraction of sp³-hybridized carbons (Fsp3) is 0.375. The van der Waals surface area contributed by atoms with E-state index in [1.807, 2.05) is 0 Å². The maximum Gasteiger partial charge on any atom is 0.338 e. The SMILES string of the molecule is CC1=C(CC(Br)CN(CCBr)P(N)(=O)O)C(=O)c2ccccc2C1=O. The van der Waals surface area contributed by atoms with E-state index < -0.39 is 7.67 Å². The molecule has 136 valence electrons. The molecule has 2 rings (SSSR count). The second kappa shape index (κ2) is 8.37. The van der Waals surface area contributed by atoms with Crippen molar-refractivity contribution in [2.75, 3.05) is 18.4 Å². The normalized spacial score (nSPS) is 18.3. The van der Waals surface area contributed by atoms with Crippen LogP contribution in [-0.4, -0.2) is 44.4 Å². The zero-order valence-corrected chi connectivity index (χ0v) is 17.7. The van der Waals surface area contributed by atoms with Gasteiger partial charge in [-0.25, -0.2) is 10.2 Å². The Hall–Kier alpha value is -0.630. The standard InChI is InChI=1S/C16H19Br2N2O4P/c1-10-14(8-11(18)9-20(7-6-17)25(19,23)24)16(22)13-5-3-2-4-12(13)15(10)21/h2-5,11H,6-9H2,1H3,(H3,19,23,24). The highest BCUT2D eigenvalue weighted by Crippen LogP contribution is 2.37. The van der Waals surface area contributed by atoms with Gasteiger partial charge in [0.2, 0.25) is 0 Å². The van der Waals surface area contributed by atoms with Crippen molar-refractivity contribution >= 4 is 51.1 Å². The minimum absolute atomic E-state index is 0.158. The van der Waals surface area contributed by atoms with Crippen LogP contribution in [0.4, 0.5) is 0 Å². The highest BCUT2D eigenvalue weighted by Gasteiger charge is 2.32. The van der Waals surface area contributed by atoms with E-state index in [4.69, 9.17) is 5.50 Å². The topological polar surface area (TPSA) is 101 Å². The first-order valence-electron chi connectivity index (χ1n) is 7.61. The molecule has 0 fully saturated rings. The fourth-order valence-corrected chi connectivity index (χ4v) is 5.18. The van der Waals surface area contributed by atoms with Crippen LogP contribution >= 0.6 is 39.5 Å². The summed E-state index contributed by atoms with van der Waals surface area (Å²) in [6, 6.07) is 6.75. The number of benzene rings is 1. The maximum absolute atomic E-state index is 12.7. The predicted octanol–water partition coefficient (Wildman–Crippen LogP) is 3.29. The van der Waals surface area contributed by atoms with Crippen molar-refractivity contribution in [1.82, 2.24) is 4.67 Å². The minimum atomic E-state index is -3.89. The van der Waals surface area contributed by atoms with Crippen molar-refractivity contribution in [3.05, 3.63) is 46.5 Å². The van der Waals surface area contributed by atoms with Crippen molar-refractivity contribution in [1.29, 1.82) is 0 Å². The first-order chi connectivity index (χ1) is 11.7. The van der Waals surface area contributed by atoms with Gasteiger partial charge in [0, 0.05) is 45.5 Å². The Labute approximate surface area is 163 Å². The smallest absolute Gasteiger partial charge is 0.322 e. The van der Waals surface area contributed by atoms with E-state index >= 15 is 0 Å². The zero-order valence-electron chi connectivity index (χ0n) is 13.6. The molecule has 0 amide bonds. The molecule has 0 aromatic heterocycles. The van der Waals surface area contributed by atoms with Crippen molar-refractivity contribution < 1.29 is 19.0 Å². The number of rotatable bonds is 7. The number of allylic oxidation sites excluding steroid dienone is 2. The number of fused-ring (bicyclic) bond motifs is 1. The molecule has 2 atom stereocenters. The maximum atomic E-state index is 12.7. The molecule has 1 aliphatic carbocycles. The van der Waals surface area contributed by atoms with Crippen molar-refractivity contribution in [2.24, 2.45) is 5.50 Å². The first kappa shape index (κ1) is 20.7. The Morgan fingerprint density at radius 2 is 1.80 bits per heavy atom. The summed E-state index contributed by atoms with van der Waals surface area (Å²) < 4.78 is 13.0. The van der Waals surface area contributed by atoms with E-state index in [9.17, 15) is 19.0 Å². The summed E-state index contributed by atoms with van der Waals surface area (Å²) in [4.78, 5) is 34.5. The number of hydrogen-bond acceptors (Lipinski definition) is 3. The molecule has 1 aliphatic rings. The van der Waals surface area contributed by atoms with Crippen molar-refractivity contribution in [3.8, 4) is 0 Å². The van der Waals surface area contributed by atoms with Gasteiger partial charge in [-0.15, -0.1) is 0 Å². The summed E-state index contributed by atoms with van der Waals surface area (Å²) in [7, 11) is -3.89. The summed E-state index contributed by atoms with van der Waals surface area (Å²) in [5, 5.41) is 0.487. The zero-order chi connectivity index (χ0) is 18.8. The van der Waals surface area contributed by atoms with Crippen molar-refractivity contribution in [2.45, 2.75) is 18.2 Å². The number of carbonyl (C=O) groups excluding carboxylic acids is 2. The molecule has 0 spiro atoms. The number of halogens is 2. The third-order valence-corrected chi connectivity index (χ3v) is 6.21. The van der Waals surface area contributed by atoms with Crippen LogP contribution in [0.5, 0.6) is 0 Å². The summed E-state index contributed by atoms with van der Waals surface area (Å²) in [6.45, 7) is 2.11. The molecule has 0 bridgehead atoms. The third-order valence-electron chi connectivity index (χ3n) is 4.07. The van der Waals surface area contributed by atoms with Gasteiger partial charge in [-0.2, -0.15) is 0 Å². The van der Waals surface area contributed by atoms with E-state index in [1.165, 1.54) is 4.67 Å². The monoisotopic (exact) mass is 492 g/mol. The van der Waals surface area contributed by atoms with Gasteiger partial charge in [-0.05, 0) is 13.3 Å². The third kappa shape index (κ3) is 4.76. The Kier molecular flexibility index (Phi) is 6.93. The number of ketones is 2. The average Bonchev–Trinajstić information content (AvgIpc) is 2.55. The second-order valence-corrected chi connectivity index (χ2v) is 9.63. The number of nitrogens with zero attached hydrogens (tertiary/aromatic N) is 1. The van der Waals surface area contributed by atoms with Crippen LogP contribution < -0.4 is 5.50 Å². The number of hydrogen-bond donors (Lipinski definition) is 2. The number of alkyl halides is 2. The summed E-state index contributed by atoms with van der Waals surface area (Å²) in [6.07, 6.45) is 0.267. The van der Waals surface area contributed by atoms with E-state index in [0.717, 1.165) is 0 Å². The lowest BCUT2D eigenvalue weighted by atomic mass is 9.83. The fourth-order valence-electron chi connectivity index (χ4n) is 2.76. The summed E-state index contributed by atoms with van der Waals surface area (Å²) in [5.74, 6) is -0.335. The highest BCUT2D eigenvalue weighted by molar-refractivity contribution is 9.09. The minimum Gasteiger partial charge on any atom is -0.322 e. The van der Waals surface area contributed by atoms with Gasteiger partial charge in [0.25, 0.3) is 0 Å². The summed E-state index contributed by atoms with van der Waals surface area (Å²) >= 11 is 6.67. The van der Waals surface area contributed by atoms with Crippen molar-refractivity contribution in [3.63, 3.8) is 0 Å². The molecule has 0 saturated carbocycles. The molecule has 0 saturated heterocycles. The summed E-state index contributed by atoms with van der Waals surface area (Å²) in [5.41, 5.74) is 7.01. The molecular weight excluding hydrogens is 475 g/mol. The molecule has 0 heterocycles. The molecule has 9 heteroatoms. The molecule has 1 aromatic rings. The first-order valence-corrected chi connectivity index (χ1v) is 11.3. The van der Waals surface area contributed by atoms with Crippen LogP contribution in [0.2, 0.25) is 0 Å². The van der Waals surface area contributed by atoms with Gasteiger partial charge in [-0.1, -0.05) is 56.1 Å². The largest absolute Gasteiger partial charge is 0.338 e. The van der Waals surface area contributed by atoms with Crippen LogP contribution in [-0.2, 0) is 4.57 Å². The van der Waals surface area contributed by atoms with Crippen LogP contribution in [0.25, 0.3) is 0 Å². The van der Waals surface area contributed by atoms with Gasteiger partial charge in [0.15, 0.2) is 11.6 Å². The average molecular weight is 494 g/mol. The second-order valence-electron chi connectivity index (χ2n) is 5.80. The van der Waals surface area contributed by atoms with Gasteiger partial charge < -0.3 is 4.89 Å². The number of nitrogens with two attached hydrogens (primary N) is 1. The molecule has 1 aromatic carbocycles. The van der Waals surface area contributed by atoms with Gasteiger partial charge >= 0.3 is 7.67 Å². The van der Waals surface area contributed by atoms with Gasteiger partial charge in [-0.3, -0.25) is 14.2 Å². The van der Waals surface area contributed by atoms with Crippen LogP contribution in [0.3, 0.4) is 0 Å². The van der Waals surface area contributed by atoms with Crippen LogP contribution in [0.15, 0.2) is 35.4 Å². The molecule has 0 aliphatic heterocycles. The van der Waals surface area contributed by atoms with Gasteiger partial charge in [0.1, 0.15) is 0 Å². The molecule has 2 unspecified atom stereocenters. The lowest BCUT2D eigenvalue weighted by Crippen LogP contribution is -2.32. The van der Waals surface area contributed by atoms with E-state index in [1.54, 1.807) is 31.2 Å². The predicted molar refractivity (Wildman–Crippen MR) is 105 cm³/mol. The lowest BCUT2D eigenvalue weighted by Gasteiger charge is -2.27. The molecule has 25 heavy (non-hydrogen) atoms. The number of Topliss-reactive ketones (excluding diaryl/α,β-unsaturated/α-hetero) is 2. The Bertz CT molecular complexity index is 775. The van der Waals surface area contributed by atoms with E-state index in [2.05, 4.69) is 31.9 Å². The Balaban J connectivity index is 2.22. The van der Waals surface area contributed by atoms with E-state index in [0.29, 0.717) is 34.1 Å². The Morgan fingerprint density at radius 3 is 2.32 bits per heavy atom. The lowest BCUT2D eigenvalue weighted by molar-refractivity contribution is 0.0971. The van der Waals surface area contributed by atoms with Crippen LogP contribution in [0, 0.1) is 0 Å². The van der Waals surface area contributed by atoms with Crippen LogP contribution in [0.1, 0.15) is 34.1 Å². The van der Waals surface area contributed by atoms with E-state index in [-0.39, 0.29) is 29.4 Å². The highest BCUT2D eigenvalue weighted by atomic mass is 79.9. The molecule has 6 nitrogen and oxygen atoms in total. The molecular formula is C16H19Br2N2O4P. The van der Waals surface area contributed by atoms with Gasteiger partial charge in [0.05, 0.1) is 0 Å². The Morgan fingerprint density at radius 1 is 1.24 bits per heavy atom. The molecule has 0 radical (unpaired) electrons. The molecule has 3 N–H and O–H groups in total. The number of carbonyl (C=O) groups is 2.